The molecule has 0 aliphatic rings. The minimum absolute atomic E-state index is 0.0900. The number of benzene rings is 2. The first kappa shape index (κ1) is 19.1. The Kier molecular flexibility index (Phi) is 6.79. The standard InChI is InChI=1S/C20H21NO5/c1-4-26-20(23)16(12-14-8-6-5-7-9-14)19(22)21-15-10-11-17(24-2)18(13-15)25-3/h5-13H,4H2,1-3H3,(H,21,22)/b16-12-. The molecule has 6 heteroatoms. The van der Waals surface area contributed by atoms with Gasteiger partial charge in [-0.15, -0.1) is 0 Å². The van der Waals surface area contributed by atoms with E-state index < -0.39 is 11.9 Å². The van der Waals surface area contributed by atoms with Gasteiger partial charge < -0.3 is 19.5 Å². The maximum atomic E-state index is 12.6. The summed E-state index contributed by atoms with van der Waals surface area (Å²) in [5.74, 6) is -0.250. The van der Waals surface area contributed by atoms with Gasteiger partial charge in [-0.3, -0.25) is 4.79 Å². The third kappa shape index (κ3) is 4.86. The molecule has 0 fully saturated rings. The number of amides is 1. The summed E-state index contributed by atoms with van der Waals surface area (Å²) in [6.45, 7) is 1.86. The van der Waals surface area contributed by atoms with Gasteiger partial charge in [0, 0.05) is 11.8 Å². The van der Waals surface area contributed by atoms with E-state index in [1.54, 1.807) is 37.3 Å². The molecule has 0 bridgehead atoms. The number of anilines is 1. The van der Waals surface area contributed by atoms with E-state index in [-0.39, 0.29) is 12.2 Å². The average molecular weight is 355 g/mol. The molecular formula is C20H21NO5. The third-order valence-corrected chi connectivity index (χ3v) is 3.49. The molecule has 136 valence electrons. The van der Waals surface area contributed by atoms with E-state index in [2.05, 4.69) is 5.32 Å². The highest BCUT2D eigenvalue weighted by Crippen LogP contribution is 2.30. The number of hydrogen-bond acceptors (Lipinski definition) is 5. The minimum Gasteiger partial charge on any atom is -0.493 e. The van der Waals surface area contributed by atoms with Crippen molar-refractivity contribution in [2.75, 3.05) is 26.1 Å². The first-order chi connectivity index (χ1) is 12.6. The van der Waals surface area contributed by atoms with Gasteiger partial charge in [-0.2, -0.15) is 0 Å². The molecule has 0 saturated carbocycles. The van der Waals surface area contributed by atoms with Crippen LogP contribution in [0.2, 0.25) is 0 Å². The Labute approximate surface area is 152 Å². The number of methoxy groups -OCH3 is 2. The lowest BCUT2D eigenvalue weighted by Gasteiger charge is -2.12. The van der Waals surface area contributed by atoms with E-state index in [0.29, 0.717) is 17.2 Å². The van der Waals surface area contributed by atoms with Gasteiger partial charge in [0.2, 0.25) is 0 Å². The SMILES string of the molecule is CCOC(=O)/C(=C\c1ccccc1)C(=O)Nc1ccc(OC)c(OC)c1. The van der Waals surface area contributed by atoms with Crippen molar-refractivity contribution in [3.05, 3.63) is 59.7 Å². The smallest absolute Gasteiger partial charge is 0.343 e. The van der Waals surface area contributed by atoms with Crippen molar-refractivity contribution in [2.24, 2.45) is 0 Å². The molecule has 6 nitrogen and oxygen atoms in total. The maximum absolute atomic E-state index is 12.6. The van der Waals surface area contributed by atoms with Gasteiger partial charge in [-0.25, -0.2) is 4.79 Å². The number of nitrogens with one attached hydrogen (secondary N) is 1. The van der Waals surface area contributed by atoms with Crippen LogP contribution in [-0.4, -0.2) is 32.7 Å². The average Bonchev–Trinajstić information content (AvgIpc) is 2.66. The fourth-order valence-corrected chi connectivity index (χ4v) is 2.25. The second kappa shape index (κ2) is 9.27. The molecular weight excluding hydrogens is 334 g/mol. The Morgan fingerprint density at radius 2 is 1.69 bits per heavy atom. The van der Waals surface area contributed by atoms with Gasteiger partial charge >= 0.3 is 5.97 Å². The summed E-state index contributed by atoms with van der Waals surface area (Å²) >= 11 is 0. The van der Waals surface area contributed by atoms with Crippen molar-refractivity contribution in [3.63, 3.8) is 0 Å². The zero-order valence-electron chi connectivity index (χ0n) is 14.9. The van der Waals surface area contributed by atoms with E-state index >= 15 is 0 Å². The van der Waals surface area contributed by atoms with Gasteiger partial charge in [0.05, 0.1) is 20.8 Å². The quantitative estimate of drug-likeness (QED) is 0.357. The van der Waals surface area contributed by atoms with Gasteiger partial charge in [-0.05, 0) is 30.7 Å². The topological polar surface area (TPSA) is 73.9 Å². The third-order valence-electron chi connectivity index (χ3n) is 3.49. The van der Waals surface area contributed by atoms with Crippen molar-refractivity contribution >= 4 is 23.6 Å². The number of ether oxygens (including phenoxy) is 3. The van der Waals surface area contributed by atoms with Crippen LogP contribution in [0, 0.1) is 0 Å². The lowest BCUT2D eigenvalue weighted by molar-refractivity contribution is -0.139. The molecule has 1 amide bonds. The molecule has 2 aromatic carbocycles. The summed E-state index contributed by atoms with van der Waals surface area (Å²) in [5, 5.41) is 2.68. The van der Waals surface area contributed by atoms with Crippen LogP contribution in [0.4, 0.5) is 5.69 Å². The van der Waals surface area contributed by atoms with Crippen molar-refractivity contribution in [2.45, 2.75) is 6.92 Å². The first-order valence-corrected chi connectivity index (χ1v) is 8.06. The van der Waals surface area contributed by atoms with Crippen LogP contribution in [0.15, 0.2) is 54.1 Å². The molecule has 1 N–H and O–H groups in total. The van der Waals surface area contributed by atoms with Crippen LogP contribution in [-0.2, 0) is 14.3 Å². The van der Waals surface area contributed by atoms with Gasteiger partial charge in [0.15, 0.2) is 11.5 Å². The minimum atomic E-state index is -0.686. The Morgan fingerprint density at radius 3 is 2.31 bits per heavy atom. The van der Waals surface area contributed by atoms with Crippen LogP contribution in [0.1, 0.15) is 12.5 Å². The molecule has 2 rings (SSSR count). The van der Waals surface area contributed by atoms with Crippen molar-refractivity contribution in [1.29, 1.82) is 0 Å². The number of rotatable bonds is 7. The predicted molar refractivity (Wildman–Crippen MR) is 99.2 cm³/mol. The summed E-state index contributed by atoms with van der Waals surface area (Å²) in [6, 6.07) is 14.0. The number of carbonyl (C=O) groups is 2. The normalized spacial score (nSPS) is 10.8. The first-order valence-electron chi connectivity index (χ1n) is 8.06. The Hall–Kier alpha value is -3.28. The number of carbonyl (C=O) groups excluding carboxylic acids is 2. The van der Waals surface area contributed by atoms with E-state index in [1.807, 2.05) is 18.2 Å². The zero-order valence-corrected chi connectivity index (χ0v) is 14.9. The van der Waals surface area contributed by atoms with E-state index in [1.165, 1.54) is 20.3 Å². The van der Waals surface area contributed by atoms with Crippen molar-refractivity contribution in [1.82, 2.24) is 0 Å². The summed E-state index contributed by atoms with van der Waals surface area (Å²) in [5.41, 5.74) is 1.10. The van der Waals surface area contributed by atoms with Crippen LogP contribution in [0.25, 0.3) is 6.08 Å². The van der Waals surface area contributed by atoms with Crippen LogP contribution in [0.3, 0.4) is 0 Å². The van der Waals surface area contributed by atoms with E-state index in [0.717, 1.165) is 5.56 Å². The fourth-order valence-electron chi connectivity index (χ4n) is 2.25. The molecule has 0 atom stereocenters. The molecule has 2 aromatic rings. The van der Waals surface area contributed by atoms with Gasteiger partial charge in [-0.1, -0.05) is 30.3 Å². The molecule has 0 saturated heterocycles. The van der Waals surface area contributed by atoms with Gasteiger partial charge in [0.25, 0.3) is 5.91 Å². The summed E-state index contributed by atoms with van der Waals surface area (Å²) in [7, 11) is 3.03. The Bertz CT molecular complexity index is 799. The van der Waals surface area contributed by atoms with E-state index in [9.17, 15) is 9.59 Å². The van der Waals surface area contributed by atoms with Gasteiger partial charge in [0.1, 0.15) is 5.57 Å². The lowest BCUT2D eigenvalue weighted by Crippen LogP contribution is -2.22. The van der Waals surface area contributed by atoms with Crippen LogP contribution in [0.5, 0.6) is 11.5 Å². The molecule has 0 radical (unpaired) electrons. The maximum Gasteiger partial charge on any atom is 0.343 e. The Morgan fingerprint density at radius 1 is 1.00 bits per heavy atom. The monoisotopic (exact) mass is 355 g/mol. The fraction of sp³-hybridized carbons (Fsp3) is 0.200. The molecule has 0 aliphatic carbocycles. The molecule has 0 aliphatic heterocycles. The lowest BCUT2D eigenvalue weighted by atomic mass is 10.1. The van der Waals surface area contributed by atoms with Crippen LogP contribution >= 0.6 is 0 Å². The number of esters is 1. The van der Waals surface area contributed by atoms with E-state index in [4.69, 9.17) is 14.2 Å². The highest BCUT2D eigenvalue weighted by molar-refractivity contribution is 6.24. The highest BCUT2D eigenvalue weighted by atomic mass is 16.5. The van der Waals surface area contributed by atoms with Crippen molar-refractivity contribution in [3.8, 4) is 11.5 Å². The summed E-state index contributed by atoms with van der Waals surface area (Å²) in [4.78, 5) is 24.8. The predicted octanol–water partition coefficient (Wildman–Crippen LogP) is 3.29. The molecule has 26 heavy (non-hydrogen) atoms. The molecule has 0 aromatic heterocycles. The Balaban J connectivity index is 2.29. The summed E-state index contributed by atoms with van der Waals surface area (Å²) < 4.78 is 15.4. The number of hydrogen-bond donors (Lipinski definition) is 1. The van der Waals surface area contributed by atoms with Crippen LogP contribution < -0.4 is 14.8 Å². The molecule has 0 unspecified atom stereocenters. The summed E-state index contributed by atoms with van der Waals surface area (Å²) in [6.07, 6.45) is 1.49. The molecule has 0 spiro atoms. The molecule has 0 heterocycles. The second-order valence-corrected chi connectivity index (χ2v) is 5.21. The van der Waals surface area contributed by atoms with Crippen molar-refractivity contribution < 1.29 is 23.8 Å². The largest absolute Gasteiger partial charge is 0.493 e. The highest BCUT2D eigenvalue weighted by Gasteiger charge is 2.20. The zero-order chi connectivity index (χ0) is 18.9. The second-order valence-electron chi connectivity index (χ2n) is 5.21.